The van der Waals surface area contributed by atoms with Crippen LogP contribution in [-0.4, -0.2) is 84.1 Å². The number of benzene rings is 4. The Kier molecular flexibility index (Phi) is 14.4. The second-order valence-electron chi connectivity index (χ2n) is 16.0. The molecule has 5 atom stereocenters. The molecule has 14 nitrogen and oxygen atoms in total. The lowest BCUT2D eigenvalue weighted by molar-refractivity contribution is -0.203. The van der Waals surface area contributed by atoms with Crippen LogP contribution in [0.15, 0.2) is 120 Å². The van der Waals surface area contributed by atoms with Crippen molar-refractivity contribution < 1.29 is 37.5 Å². The molecule has 0 radical (unpaired) electrons. The second-order valence-corrected chi connectivity index (χ2v) is 17.4. The van der Waals surface area contributed by atoms with Gasteiger partial charge in [-0.25, -0.2) is 9.46 Å². The molecule has 7 rings (SSSR count). The molecule has 63 heavy (non-hydrogen) atoms. The summed E-state index contributed by atoms with van der Waals surface area (Å²) >= 11 is 0. The number of ether oxygens (including phenoxy) is 5. The molecular formula is C48H54N5O9P. The molecule has 1 N–H and O–H groups in total. The molecule has 0 saturated carbocycles. The van der Waals surface area contributed by atoms with Crippen LogP contribution in [0.3, 0.4) is 0 Å². The van der Waals surface area contributed by atoms with E-state index in [4.69, 9.17) is 32.7 Å². The zero-order valence-corrected chi connectivity index (χ0v) is 37.5. The van der Waals surface area contributed by atoms with Crippen LogP contribution in [0, 0.1) is 18.3 Å². The van der Waals surface area contributed by atoms with Gasteiger partial charge in [0.25, 0.3) is 14.4 Å². The van der Waals surface area contributed by atoms with Gasteiger partial charge in [0.15, 0.2) is 6.23 Å². The molecule has 0 aliphatic carbocycles. The number of aromatic nitrogens is 2. The van der Waals surface area contributed by atoms with Crippen molar-refractivity contribution in [3.05, 3.63) is 154 Å². The molecule has 2 aliphatic rings. The number of anilines is 1. The third-order valence-corrected chi connectivity index (χ3v) is 13.3. The van der Waals surface area contributed by atoms with Gasteiger partial charge in [0, 0.05) is 29.4 Å². The number of amides is 1. The molecule has 2 fully saturated rings. The Morgan fingerprint density at radius 3 is 2.05 bits per heavy atom. The van der Waals surface area contributed by atoms with Crippen LogP contribution in [0.4, 0.5) is 5.82 Å². The highest BCUT2D eigenvalue weighted by Crippen LogP contribution is 2.56. The molecule has 2 bridgehead atoms. The topological polar surface area (TPSA) is 156 Å². The number of hydrogen-bond donors (Lipinski definition) is 1. The summed E-state index contributed by atoms with van der Waals surface area (Å²) in [5.41, 5.74) is 0.248. The van der Waals surface area contributed by atoms with Crippen molar-refractivity contribution in [3.63, 3.8) is 0 Å². The number of aryl methyl sites for hydroxylation is 1. The predicted octanol–water partition coefficient (Wildman–Crippen LogP) is 8.16. The van der Waals surface area contributed by atoms with E-state index in [2.05, 4.69) is 48.7 Å². The van der Waals surface area contributed by atoms with E-state index in [0.29, 0.717) is 22.6 Å². The largest absolute Gasteiger partial charge is 0.497 e. The van der Waals surface area contributed by atoms with Gasteiger partial charge >= 0.3 is 5.69 Å². The fraction of sp³-hybridized carbons (Fsp3) is 0.375. The standard InChI is InChI=1S/C48H54N5O9P/c1-32(2)53(33(3)4)63(60-28-14-27-49)62-42-41-45(52-29-34(5)43(51-46(52)55)50-44(54)35-15-10-8-11-16-35)61-47(42,30-58-41)31-59-48(36-17-12-9-13-18-36,37-19-23-39(56-6)24-20-37)38-21-25-40(57-7)26-22-38/h8-13,15-26,29,32-33,41-42,45H,14,28,30-31H2,1-7H3,(H,50,51,54,55)/t41-,42?,45+,47+,63?/m0/s1. The Balaban J connectivity index is 1.33. The number of carbonyl (C=O) groups is 1. The fourth-order valence-electron chi connectivity index (χ4n) is 8.22. The van der Waals surface area contributed by atoms with Crippen LogP contribution in [0.2, 0.25) is 0 Å². The van der Waals surface area contributed by atoms with Gasteiger partial charge < -0.3 is 38.0 Å². The van der Waals surface area contributed by atoms with Gasteiger partial charge in [0.1, 0.15) is 40.7 Å². The van der Waals surface area contributed by atoms with Crippen molar-refractivity contribution in [2.45, 2.75) is 82.8 Å². The minimum atomic E-state index is -1.80. The zero-order chi connectivity index (χ0) is 44.7. The molecule has 15 heteroatoms. The molecule has 4 aromatic carbocycles. The summed E-state index contributed by atoms with van der Waals surface area (Å²) in [4.78, 5) is 31.5. The number of nitrogens with zero attached hydrogens (tertiary/aromatic N) is 4. The van der Waals surface area contributed by atoms with Crippen molar-refractivity contribution >= 4 is 20.3 Å². The first-order valence-corrected chi connectivity index (χ1v) is 22.1. The van der Waals surface area contributed by atoms with Crippen LogP contribution in [0.25, 0.3) is 0 Å². The first-order chi connectivity index (χ1) is 30.4. The average molecular weight is 876 g/mol. The van der Waals surface area contributed by atoms with Crippen molar-refractivity contribution in [2.75, 3.05) is 39.4 Å². The normalized spacial score (nSPS) is 19.9. The van der Waals surface area contributed by atoms with Gasteiger partial charge in [-0.3, -0.25) is 9.36 Å². The van der Waals surface area contributed by atoms with E-state index in [0.717, 1.165) is 16.7 Å². The number of nitrogens with one attached hydrogen (secondary N) is 1. The summed E-state index contributed by atoms with van der Waals surface area (Å²) in [7, 11) is 1.44. The van der Waals surface area contributed by atoms with Crippen molar-refractivity contribution in [2.24, 2.45) is 0 Å². The van der Waals surface area contributed by atoms with E-state index >= 15 is 0 Å². The van der Waals surface area contributed by atoms with Gasteiger partial charge in [-0.1, -0.05) is 72.8 Å². The van der Waals surface area contributed by atoms with E-state index in [9.17, 15) is 14.9 Å². The predicted molar refractivity (Wildman–Crippen MR) is 239 cm³/mol. The molecule has 0 spiro atoms. The summed E-state index contributed by atoms with van der Waals surface area (Å²) in [5.74, 6) is 1.10. The lowest BCUT2D eigenvalue weighted by Crippen LogP contribution is -2.49. The van der Waals surface area contributed by atoms with Crippen molar-refractivity contribution in [1.29, 1.82) is 5.26 Å². The maximum atomic E-state index is 14.1. The molecule has 330 valence electrons. The monoisotopic (exact) mass is 875 g/mol. The molecule has 2 aliphatic heterocycles. The lowest BCUT2D eigenvalue weighted by Gasteiger charge is -2.41. The third-order valence-electron chi connectivity index (χ3n) is 11.2. The average Bonchev–Trinajstić information content (AvgIpc) is 3.79. The van der Waals surface area contributed by atoms with Gasteiger partial charge in [0.2, 0.25) is 0 Å². The molecule has 2 saturated heterocycles. The highest BCUT2D eigenvalue weighted by molar-refractivity contribution is 7.44. The van der Waals surface area contributed by atoms with E-state index < -0.39 is 49.8 Å². The van der Waals surface area contributed by atoms with Crippen LogP contribution >= 0.6 is 8.53 Å². The Labute approximate surface area is 369 Å². The number of nitriles is 1. The highest BCUT2D eigenvalue weighted by Gasteiger charge is 2.65. The summed E-state index contributed by atoms with van der Waals surface area (Å²) in [6, 6.07) is 36.3. The lowest BCUT2D eigenvalue weighted by atomic mass is 9.79. The first kappa shape index (κ1) is 45.5. The summed E-state index contributed by atoms with van der Waals surface area (Å²) in [6.45, 7) is 10.1. The summed E-state index contributed by atoms with van der Waals surface area (Å²) in [6.07, 6.45) is -0.890. The van der Waals surface area contributed by atoms with Crippen LogP contribution in [0.1, 0.15) is 73.0 Å². The summed E-state index contributed by atoms with van der Waals surface area (Å²) in [5, 5.41) is 12.2. The van der Waals surface area contributed by atoms with Crippen LogP contribution in [0.5, 0.6) is 11.5 Å². The number of carbonyl (C=O) groups excluding carboxylic acids is 1. The molecule has 5 aromatic rings. The third kappa shape index (κ3) is 9.42. The molecule has 3 heterocycles. The molecular weight excluding hydrogens is 822 g/mol. The van der Waals surface area contributed by atoms with Gasteiger partial charge in [-0.05, 0) is 87.7 Å². The number of rotatable bonds is 19. The van der Waals surface area contributed by atoms with Crippen LogP contribution in [-0.2, 0) is 28.9 Å². The van der Waals surface area contributed by atoms with Crippen LogP contribution < -0.4 is 20.5 Å². The second kappa shape index (κ2) is 19.9. The van der Waals surface area contributed by atoms with E-state index in [-0.39, 0.29) is 44.1 Å². The Morgan fingerprint density at radius 1 is 0.921 bits per heavy atom. The molecule has 2 unspecified atom stereocenters. The first-order valence-electron chi connectivity index (χ1n) is 20.9. The fourth-order valence-corrected chi connectivity index (χ4v) is 10.0. The molecule has 1 aromatic heterocycles. The van der Waals surface area contributed by atoms with E-state index in [1.54, 1.807) is 51.6 Å². The van der Waals surface area contributed by atoms with Crippen molar-refractivity contribution in [1.82, 2.24) is 14.2 Å². The minimum Gasteiger partial charge on any atom is -0.497 e. The minimum absolute atomic E-state index is 0.00562. The Bertz CT molecular complexity index is 2360. The Hall–Kier alpha value is -5.49. The smallest absolute Gasteiger partial charge is 0.351 e. The van der Waals surface area contributed by atoms with E-state index in [1.165, 1.54) is 4.57 Å². The quantitative estimate of drug-likeness (QED) is 0.0484. The van der Waals surface area contributed by atoms with Gasteiger partial charge in [-0.2, -0.15) is 10.2 Å². The molecule has 1 amide bonds. The number of hydrogen-bond acceptors (Lipinski definition) is 12. The maximum Gasteiger partial charge on any atom is 0.351 e. The number of methoxy groups -OCH3 is 2. The number of fused-ring (bicyclic) bond motifs is 2. The maximum absolute atomic E-state index is 14.1. The summed E-state index contributed by atoms with van der Waals surface area (Å²) < 4.78 is 49.3. The van der Waals surface area contributed by atoms with Gasteiger partial charge in [0.05, 0.1) is 46.5 Å². The Morgan fingerprint density at radius 2 is 1.49 bits per heavy atom. The zero-order valence-electron chi connectivity index (χ0n) is 36.6. The van der Waals surface area contributed by atoms with Crippen molar-refractivity contribution in [3.8, 4) is 17.6 Å². The highest BCUT2D eigenvalue weighted by atomic mass is 31.2. The van der Waals surface area contributed by atoms with E-state index in [1.807, 2.05) is 84.9 Å². The van der Waals surface area contributed by atoms with Gasteiger partial charge in [-0.15, -0.1) is 0 Å². The SMILES string of the molecule is COc1ccc(C(OC[C@]23CO[C@@H](C2OP(OCCC#N)N(C(C)C)C(C)C)[C@H](n2cc(C)c(NC(=O)c4ccccc4)nc2=O)O3)(c2ccccc2)c2ccc(OC)cc2)cc1.